The van der Waals surface area contributed by atoms with Gasteiger partial charge in [-0.2, -0.15) is 5.10 Å². The molecule has 0 aliphatic carbocycles. The predicted octanol–water partition coefficient (Wildman–Crippen LogP) is 2.55. The molecule has 0 bridgehead atoms. The molecule has 0 amide bonds. The first-order valence-corrected chi connectivity index (χ1v) is 7.64. The van der Waals surface area contributed by atoms with Gasteiger partial charge in [0.2, 0.25) is 0 Å². The summed E-state index contributed by atoms with van der Waals surface area (Å²) in [5.74, 6) is -0.453. The maximum absolute atomic E-state index is 12.1. The third kappa shape index (κ3) is 5.34. The van der Waals surface area contributed by atoms with Crippen molar-refractivity contribution in [3.63, 3.8) is 0 Å². The maximum atomic E-state index is 12.1. The highest BCUT2D eigenvalue weighted by molar-refractivity contribution is 7.80. The molecule has 0 aliphatic heterocycles. The number of rotatable bonds is 6. The fourth-order valence-corrected chi connectivity index (χ4v) is 1.89. The van der Waals surface area contributed by atoms with Crippen LogP contribution in [-0.4, -0.2) is 33.0 Å². The van der Waals surface area contributed by atoms with Crippen molar-refractivity contribution in [2.45, 2.75) is 59.7 Å². The first-order valence-electron chi connectivity index (χ1n) is 7.23. The van der Waals surface area contributed by atoms with E-state index in [9.17, 15) is 4.79 Å². The highest BCUT2D eigenvalue weighted by atomic mass is 32.1. The molecule has 1 unspecified atom stereocenters. The van der Waals surface area contributed by atoms with Gasteiger partial charge in [0.1, 0.15) is 0 Å². The number of ether oxygens (including phenoxy) is 1. The molecular weight excluding hydrogens is 288 g/mol. The fraction of sp³-hybridized carbons (Fsp3) is 0.643. The van der Waals surface area contributed by atoms with Crippen molar-refractivity contribution in [2.75, 3.05) is 5.32 Å². The van der Waals surface area contributed by atoms with Crippen LogP contribution in [0.15, 0.2) is 6.20 Å². The normalized spacial score (nSPS) is 12.1. The van der Waals surface area contributed by atoms with Gasteiger partial charge in [-0.05, 0) is 46.3 Å². The highest BCUT2D eigenvalue weighted by Crippen LogP contribution is 2.16. The summed E-state index contributed by atoms with van der Waals surface area (Å²) >= 11 is 5.25. The molecule has 1 atom stereocenters. The number of nitrogens with zero attached hydrogens (tertiary/aromatic N) is 2. The summed E-state index contributed by atoms with van der Waals surface area (Å²) in [6.07, 6.45) is 2.52. The Hall–Kier alpha value is -1.63. The smallest absolute Gasteiger partial charge is 0.361 e. The fourth-order valence-electron chi connectivity index (χ4n) is 1.58. The largest absolute Gasteiger partial charge is 0.458 e. The summed E-state index contributed by atoms with van der Waals surface area (Å²) in [7, 11) is 0. The first-order chi connectivity index (χ1) is 9.87. The summed E-state index contributed by atoms with van der Waals surface area (Å²) in [5, 5.41) is 10.9. The Morgan fingerprint density at radius 1 is 1.43 bits per heavy atom. The predicted molar refractivity (Wildman–Crippen MR) is 87.6 cm³/mol. The van der Waals surface area contributed by atoms with Crippen molar-refractivity contribution < 1.29 is 9.53 Å². The van der Waals surface area contributed by atoms with E-state index in [2.05, 4.69) is 22.7 Å². The second-order valence-electron chi connectivity index (χ2n) is 5.11. The van der Waals surface area contributed by atoms with Gasteiger partial charge in [0.15, 0.2) is 10.8 Å². The molecule has 2 N–H and O–H groups in total. The van der Waals surface area contributed by atoms with E-state index < -0.39 is 5.97 Å². The van der Waals surface area contributed by atoms with Gasteiger partial charge in [-0.1, -0.05) is 6.92 Å². The molecule has 0 fully saturated rings. The van der Waals surface area contributed by atoms with Gasteiger partial charge in [0.05, 0.1) is 11.8 Å². The number of hydrogen-bond acceptors (Lipinski definition) is 4. The van der Waals surface area contributed by atoms with E-state index in [1.54, 1.807) is 24.7 Å². The summed E-state index contributed by atoms with van der Waals surface area (Å²) in [4.78, 5) is 12.1. The van der Waals surface area contributed by atoms with Crippen LogP contribution in [0.2, 0.25) is 0 Å². The molecule has 0 aliphatic rings. The molecule has 1 heterocycles. The number of carbonyl (C=O) groups excluding carboxylic acids is 1. The number of carbonyl (C=O) groups is 1. The Kier molecular flexibility index (Phi) is 6.61. The first kappa shape index (κ1) is 17.4. The third-order valence-corrected chi connectivity index (χ3v) is 3.08. The van der Waals surface area contributed by atoms with Crippen molar-refractivity contribution in [1.29, 1.82) is 0 Å². The second kappa shape index (κ2) is 7.97. The molecule has 0 aromatic carbocycles. The van der Waals surface area contributed by atoms with Crippen LogP contribution in [0.1, 0.15) is 51.5 Å². The zero-order valence-corrected chi connectivity index (χ0v) is 14.1. The van der Waals surface area contributed by atoms with Crippen LogP contribution >= 0.6 is 12.2 Å². The zero-order valence-electron chi connectivity index (χ0n) is 13.3. The van der Waals surface area contributed by atoms with Gasteiger partial charge in [-0.25, -0.2) is 4.79 Å². The average Bonchev–Trinajstić information content (AvgIpc) is 2.80. The van der Waals surface area contributed by atoms with Crippen LogP contribution < -0.4 is 10.6 Å². The lowest BCUT2D eigenvalue weighted by atomic mass is 10.3. The Labute approximate surface area is 131 Å². The number of nitrogens with one attached hydrogen (secondary N) is 2. The van der Waals surface area contributed by atoms with Crippen molar-refractivity contribution in [3.05, 3.63) is 11.9 Å². The van der Waals surface area contributed by atoms with E-state index in [-0.39, 0.29) is 17.8 Å². The van der Waals surface area contributed by atoms with Gasteiger partial charge in [0, 0.05) is 18.8 Å². The molecule has 0 spiro atoms. The summed E-state index contributed by atoms with van der Waals surface area (Å²) < 4.78 is 6.87. The molecular formula is C14H24N4O2S. The quantitative estimate of drug-likeness (QED) is 0.621. The number of esters is 1. The van der Waals surface area contributed by atoms with Crippen LogP contribution in [0.5, 0.6) is 0 Å². The number of anilines is 1. The van der Waals surface area contributed by atoms with E-state index in [0.29, 0.717) is 17.3 Å². The Bertz CT molecular complexity index is 499. The lowest BCUT2D eigenvalue weighted by Gasteiger charge is -2.15. The Morgan fingerprint density at radius 3 is 2.62 bits per heavy atom. The van der Waals surface area contributed by atoms with Crippen LogP contribution in [-0.2, 0) is 11.3 Å². The Balaban J connectivity index is 2.87. The number of thiocarbonyl (C=S) groups is 1. The molecule has 118 valence electrons. The van der Waals surface area contributed by atoms with Crippen LogP contribution in [0.25, 0.3) is 0 Å². The minimum atomic E-state index is -0.453. The minimum Gasteiger partial charge on any atom is -0.458 e. The molecule has 0 saturated heterocycles. The average molecular weight is 312 g/mol. The second-order valence-corrected chi connectivity index (χ2v) is 5.52. The number of hydrogen-bond donors (Lipinski definition) is 2. The number of aryl methyl sites for hydroxylation is 1. The van der Waals surface area contributed by atoms with Gasteiger partial charge in [-0.15, -0.1) is 0 Å². The molecule has 1 aromatic heterocycles. The monoisotopic (exact) mass is 312 g/mol. The molecule has 21 heavy (non-hydrogen) atoms. The number of aromatic nitrogens is 2. The summed E-state index contributed by atoms with van der Waals surface area (Å²) in [6.45, 7) is 10.3. The van der Waals surface area contributed by atoms with E-state index in [1.807, 2.05) is 13.8 Å². The van der Waals surface area contributed by atoms with Gasteiger partial charge >= 0.3 is 5.97 Å². The molecule has 1 rings (SSSR count). The van der Waals surface area contributed by atoms with Crippen LogP contribution in [0, 0.1) is 0 Å². The van der Waals surface area contributed by atoms with Gasteiger partial charge in [-0.3, -0.25) is 4.68 Å². The molecule has 7 heteroatoms. The van der Waals surface area contributed by atoms with Gasteiger partial charge < -0.3 is 15.4 Å². The van der Waals surface area contributed by atoms with Crippen molar-refractivity contribution in [2.24, 2.45) is 0 Å². The topological polar surface area (TPSA) is 68.2 Å². The van der Waals surface area contributed by atoms with E-state index >= 15 is 0 Å². The summed E-state index contributed by atoms with van der Waals surface area (Å²) in [5.41, 5.74) is 0.808. The molecule has 6 nitrogen and oxygen atoms in total. The SMILES string of the molecule is CCC(C)NC(=S)Nc1cn(CC)nc1C(=O)OC(C)C. The third-order valence-electron chi connectivity index (χ3n) is 2.86. The lowest BCUT2D eigenvalue weighted by molar-refractivity contribution is 0.0371. The van der Waals surface area contributed by atoms with Crippen molar-refractivity contribution in [3.8, 4) is 0 Å². The van der Waals surface area contributed by atoms with Gasteiger partial charge in [0.25, 0.3) is 0 Å². The van der Waals surface area contributed by atoms with Crippen LogP contribution in [0.4, 0.5) is 5.69 Å². The molecule has 1 aromatic rings. The highest BCUT2D eigenvalue weighted by Gasteiger charge is 2.20. The lowest BCUT2D eigenvalue weighted by Crippen LogP contribution is -2.35. The standard InChI is InChI=1S/C14H24N4O2S/c1-6-10(5)15-14(21)16-11-8-18(7-2)17-12(11)13(19)20-9(3)4/h8-10H,6-7H2,1-5H3,(H2,15,16,21). The minimum absolute atomic E-state index is 0.192. The zero-order chi connectivity index (χ0) is 16.0. The molecule has 0 saturated carbocycles. The Morgan fingerprint density at radius 2 is 2.10 bits per heavy atom. The van der Waals surface area contributed by atoms with E-state index in [4.69, 9.17) is 17.0 Å². The summed E-state index contributed by atoms with van der Waals surface area (Å²) in [6, 6.07) is 0.261. The van der Waals surface area contributed by atoms with E-state index in [1.165, 1.54) is 0 Å². The molecule has 0 radical (unpaired) electrons. The van der Waals surface area contributed by atoms with Crippen molar-refractivity contribution >= 4 is 29.0 Å². The van der Waals surface area contributed by atoms with Crippen molar-refractivity contribution in [1.82, 2.24) is 15.1 Å². The van der Waals surface area contributed by atoms with Crippen LogP contribution in [0.3, 0.4) is 0 Å². The van der Waals surface area contributed by atoms with E-state index in [0.717, 1.165) is 6.42 Å². The maximum Gasteiger partial charge on any atom is 0.361 e.